The molecule has 1 fully saturated rings. The lowest BCUT2D eigenvalue weighted by Gasteiger charge is -1.88. The molecule has 0 unspecified atom stereocenters. The van der Waals surface area contributed by atoms with E-state index in [-0.39, 0.29) is 6.10 Å². The van der Waals surface area contributed by atoms with Crippen molar-refractivity contribution in [3.63, 3.8) is 0 Å². The molecule has 1 aliphatic carbocycles. The van der Waals surface area contributed by atoms with E-state index >= 15 is 0 Å². The van der Waals surface area contributed by atoms with E-state index < -0.39 is 5.91 Å². The van der Waals surface area contributed by atoms with Crippen molar-refractivity contribution in [2.45, 2.75) is 18.9 Å². The maximum absolute atomic E-state index is 9.99. The number of primary amides is 1. The van der Waals surface area contributed by atoms with Gasteiger partial charge in [0.15, 0.2) is 0 Å². The van der Waals surface area contributed by atoms with Crippen LogP contribution in [-0.2, 0) is 9.63 Å². The number of carbonyl (C=O) groups excluding carboxylic acids is 1. The van der Waals surface area contributed by atoms with E-state index in [1.165, 1.54) is 0 Å². The van der Waals surface area contributed by atoms with E-state index in [0.29, 0.717) is 0 Å². The van der Waals surface area contributed by atoms with E-state index in [9.17, 15) is 4.79 Å². The van der Waals surface area contributed by atoms with Crippen molar-refractivity contribution >= 4 is 12.1 Å². The Morgan fingerprint density at radius 2 is 2.44 bits per heavy atom. The topological polar surface area (TPSA) is 64.7 Å². The Labute approximate surface area is 52.7 Å². The molecular formula is C5H8N2O2. The third kappa shape index (κ3) is 2.69. The Kier molecular flexibility index (Phi) is 1.67. The van der Waals surface area contributed by atoms with Crippen LogP contribution in [0.1, 0.15) is 12.8 Å². The Morgan fingerprint density at radius 3 is 2.89 bits per heavy atom. The number of amides is 1. The minimum absolute atomic E-state index is 0.237. The van der Waals surface area contributed by atoms with Crippen molar-refractivity contribution in [3.05, 3.63) is 0 Å². The zero-order valence-corrected chi connectivity index (χ0v) is 4.91. The van der Waals surface area contributed by atoms with Crippen molar-refractivity contribution in [1.82, 2.24) is 0 Å². The zero-order valence-electron chi connectivity index (χ0n) is 4.91. The van der Waals surface area contributed by atoms with Crippen LogP contribution in [0.2, 0.25) is 0 Å². The molecule has 4 nitrogen and oxygen atoms in total. The van der Waals surface area contributed by atoms with E-state index in [0.717, 1.165) is 19.1 Å². The second kappa shape index (κ2) is 2.48. The number of nitrogens with zero attached hydrogens (tertiary/aromatic N) is 1. The van der Waals surface area contributed by atoms with Crippen LogP contribution in [0.3, 0.4) is 0 Å². The molecule has 1 saturated carbocycles. The Balaban J connectivity index is 2.08. The molecule has 0 aromatic heterocycles. The average molecular weight is 128 g/mol. The lowest BCUT2D eigenvalue weighted by Crippen LogP contribution is -2.11. The molecule has 0 bridgehead atoms. The van der Waals surface area contributed by atoms with Crippen LogP contribution in [0, 0.1) is 0 Å². The fourth-order valence-corrected chi connectivity index (χ4v) is 0.342. The molecule has 0 atom stereocenters. The van der Waals surface area contributed by atoms with Gasteiger partial charge in [-0.05, 0) is 12.8 Å². The molecule has 1 rings (SSSR count). The molecule has 1 amide bonds. The van der Waals surface area contributed by atoms with Crippen molar-refractivity contribution in [3.8, 4) is 0 Å². The fourth-order valence-electron chi connectivity index (χ4n) is 0.342. The summed E-state index contributed by atoms with van der Waals surface area (Å²) < 4.78 is 0. The number of hydrogen-bond acceptors (Lipinski definition) is 3. The van der Waals surface area contributed by atoms with Gasteiger partial charge < -0.3 is 10.6 Å². The van der Waals surface area contributed by atoms with Gasteiger partial charge in [-0.25, -0.2) is 0 Å². The molecule has 50 valence electrons. The highest BCUT2D eigenvalue weighted by molar-refractivity contribution is 6.25. The van der Waals surface area contributed by atoms with Gasteiger partial charge in [0.1, 0.15) is 12.3 Å². The monoisotopic (exact) mass is 128 g/mol. The first-order valence-electron chi connectivity index (χ1n) is 2.77. The number of rotatable bonds is 3. The van der Waals surface area contributed by atoms with Gasteiger partial charge in [0.05, 0.1) is 0 Å². The molecule has 0 heterocycles. The molecule has 0 aromatic rings. The summed E-state index contributed by atoms with van der Waals surface area (Å²) in [4.78, 5) is 14.7. The Morgan fingerprint density at radius 1 is 1.78 bits per heavy atom. The van der Waals surface area contributed by atoms with Crippen LogP contribution in [-0.4, -0.2) is 18.2 Å². The van der Waals surface area contributed by atoms with E-state index in [2.05, 4.69) is 5.16 Å². The van der Waals surface area contributed by atoms with E-state index in [4.69, 9.17) is 10.6 Å². The second-order valence-corrected chi connectivity index (χ2v) is 1.94. The van der Waals surface area contributed by atoms with Crippen LogP contribution in [0.15, 0.2) is 5.16 Å². The molecule has 4 heteroatoms. The van der Waals surface area contributed by atoms with Gasteiger partial charge in [0, 0.05) is 0 Å². The Hall–Kier alpha value is -1.06. The average Bonchev–Trinajstić information content (AvgIpc) is 2.48. The van der Waals surface area contributed by atoms with Gasteiger partial charge >= 0.3 is 0 Å². The maximum atomic E-state index is 9.99. The minimum atomic E-state index is -0.573. The summed E-state index contributed by atoms with van der Waals surface area (Å²) in [5.74, 6) is -0.573. The SMILES string of the molecule is NC(=O)C=NOC1CC1. The van der Waals surface area contributed by atoms with Gasteiger partial charge in [0.25, 0.3) is 5.91 Å². The molecule has 1 aliphatic rings. The standard InChI is InChI=1S/C5H8N2O2/c6-5(8)3-7-9-4-1-2-4/h3-4H,1-2H2,(H2,6,8). The van der Waals surface area contributed by atoms with Crippen molar-refractivity contribution in [1.29, 1.82) is 0 Å². The number of hydrogen-bond donors (Lipinski definition) is 1. The predicted octanol–water partition coefficient (Wildman–Crippen LogP) is -0.364. The van der Waals surface area contributed by atoms with Crippen LogP contribution in [0.5, 0.6) is 0 Å². The summed E-state index contributed by atoms with van der Waals surface area (Å²) in [5, 5.41) is 3.33. The van der Waals surface area contributed by atoms with Crippen molar-refractivity contribution < 1.29 is 9.63 Å². The van der Waals surface area contributed by atoms with Gasteiger partial charge in [-0.3, -0.25) is 4.79 Å². The highest BCUT2D eigenvalue weighted by atomic mass is 16.6. The minimum Gasteiger partial charge on any atom is -0.392 e. The maximum Gasteiger partial charge on any atom is 0.263 e. The first kappa shape index (κ1) is 6.07. The van der Waals surface area contributed by atoms with Gasteiger partial charge in [0.2, 0.25) is 0 Å². The van der Waals surface area contributed by atoms with E-state index in [1.807, 2.05) is 0 Å². The van der Waals surface area contributed by atoms with E-state index in [1.54, 1.807) is 0 Å². The summed E-state index contributed by atoms with van der Waals surface area (Å²) in [6, 6.07) is 0. The largest absolute Gasteiger partial charge is 0.392 e. The smallest absolute Gasteiger partial charge is 0.263 e. The molecule has 9 heavy (non-hydrogen) atoms. The highest BCUT2D eigenvalue weighted by Crippen LogP contribution is 2.23. The highest BCUT2D eigenvalue weighted by Gasteiger charge is 2.23. The summed E-state index contributed by atoms with van der Waals surface area (Å²) in [6.45, 7) is 0. The third-order valence-corrected chi connectivity index (χ3v) is 0.914. The Bertz CT molecular complexity index is 140. The molecule has 2 N–H and O–H groups in total. The number of oxime groups is 1. The second-order valence-electron chi connectivity index (χ2n) is 1.94. The molecule has 0 aromatic carbocycles. The van der Waals surface area contributed by atoms with Gasteiger partial charge in [-0.1, -0.05) is 5.16 Å². The molecule has 0 radical (unpaired) electrons. The lowest BCUT2D eigenvalue weighted by molar-refractivity contribution is -0.111. The van der Waals surface area contributed by atoms with Crippen LogP contribution in [0.4, 0.5) is 0 Å². The van der Waals surface area contributed by atoms with Gasteiger partial charge in [-0.2, -0.15) is 0 Å². The summed E-state index contributed by atoms with van der Waals surface area (Å²) in [7, 11) is 0. The van der Waals surface area contributed by atoms with Gasteiger partial charge in [-0.15, -0.1) is 0 Å². The zero-order chi connectivity index (χ0) is 6.69. The van der Waals surface area contributed by atoms with Crippen LogP contribution in [0.25, 0.3) is 0 Å². The van der Waals surface area contributed by atoms with Crippen LogP contribution >= 0.6 is 0 Å². The number of nitrogens with two attached hydrogens (primary N) is 1. The first-order chi connectivity index (χ1) is 4.29. The third-order valence-electron chi connectivity index (χ3n) is 0.914. The quantitative estimate of drug-likeness (QED) is 0.416. The first-order valence-corrected chi connectivity index (χ1v) is 2.77. The molecule has 0 aliphatic heterocycles. The molecule has 0 saturated heterocycles. The molecular weight excluding hydrogens is 120 g/mol. The number of carbonyl (C=O) groups is 1. The summed E-state index contributed by atoms with van der Waals surface area (Å²) in [5.41, 5.74) is 4.73. The summed E-state index contributed by atoms with van der Waals surface area (Å²) >= 11 is 0. The lowest BCUT2D eigenvalue weighted by atomic mass is 10.7. The normalized spacial score (nSPS) is 18.2. The predicted molar refractivity (Wildman–Crippen MR) is 31.8 cm³/mol. The van der Waals surface area contributed by atoms with Crippen molar-refractivity contribution in [2.24, 2.45) is 10.9 Å². The molecule has 0 spiro atoms. The fraction of sp³-hybridized carbons (Fsp3) is 0.600. The van der Waals surface area contributed by atoms with Crippen LogP contribution < -0.4 is 5.73 Å². The summed E-state index contributed by atoms with van der Waals surface area (Å²) in [6.07, 6.45) is 3.28. The van der Waals surface area contributed by atoms with Crippen molar-refractivity contribution in [2.75, 3.05) is 0 Å².